The molecule has 4 heteroatoms. The Morgan fingerprint density at radius 1 is 1.17 bits per heavy atom. The Morgan fingerprint density at radius 2 is 1.83 bits per heavy atom. The molecule has 1 atom stereocenters. The van der Waals surface area contributed by atoms with E-state index in [9.17, 15) is 4.39 Å². The Labute approximate surface area is 106 Å². The molecule has 0 spiro atoms. The topological polar surface area (TPSA) is 29.0 Å². The number of halogens is 1. The van der Waals surface area contributed by atoms with Crippen LogP contribution >= 0.6 is 0 Å². The first-order valence-corrected chi connectivity index (χ1v) is 5.82. The lowest BCUT2D eigenvalue weighted by atomic mass is 10.0. The third-order valence-corrected chi connectivity index (χ3v) is 3.02. The summed E-state index contributed by atoms with van der Waals surface area (Å²) in [4.78, 5) is 10.1. The lowest BCUT2D eigenvalue weighted by Crippen LogP contribution is -2.16. The van der Waals surface area contributed by atoms with Crippen LogP contribution in [-0.4, -0.2) is 29.0 Å². The Bertz CT molecular complexity index is 523. The SMILES string of the molecule is C[C@@H](c1cccc(-c2ncc(F)cn2)c1)N(C)C. The molecule has 1 aromatic carbocycles. The summed E-state index contributed by atoms with van der Waals surface area (Å²) in [6.45, 7) is 2.13. The fourth-order valence-electron chi connectivity index (χ4n) is 1.70. The normalized spacial score (nSPS) is 12.7. The van der Waals surface area contributed by atoms with Gasteiger partial charge in [0.2, 0.25) is 0 Å². The van der Waals surface area contributed by atoms with Gasteiger partial charge in [-0.3, -0.25) is 0 Å². The van der Waals surface area contributed by atoms with Crippen molar-refractivity contribution in [1.29, 1.82) is 0 Å². The minimum absolute atomic E-state index is 0.311. The molecule has 0 aliphatic carbocycles. The van der Waals surface area contributed by atoms with Crippen LogP contribution in [0.4, 0.5) is 4.39 Å². The molecule has 2 rings (SSSR count). The average molecular weight is 245 g/mol. The van der Waals surface area contributed by atoms with E-state index in [1.54, 1.807) is 0 Å². The molecule has 94 valence electrons. The van der Waals surface area contributed by atoms with E-state index in [4.69, 9.17) is 0 Å². The van der Waals surface area contributed by atoms with Crippen LogP contribution in [0.5, 0.6) is 0 Å². The molecule has 0 unspecified atom stereocenters. The average Bonchev–Trinajstić information content (AvgIpc) is 2.38. The standard InChI is InChI=1S/C14H16FN3/c1-10(18(2)3)11-5-4-6-12(7-11)14-16-8-13(15)9-17-14/h4-10H,1-3H3/t10-/m0/s1. The van der Waals surface area contributed by atoms with Crippen molar-refractivity contribution < 1.29 is 4.39 Å². The van der Waals surface area contributed by atoms with Crippen LogP contribution in [-0.2, 0) is 0 Å². The third kappa shape index (κ3) is 2.71. The van der Waals surface area contributed by atoms with Crippen LogP contribution in [0.15, 0.2) is 36.7 Å². The van der Waals surface area contributed by atoms with Gasteiger partial charge in [-0.15, -0.1) is 0 Å². The van der Waals surface area contributed by atoms with Gasteiger partial charge >= 0.3 is 0 Å². The van der Waals surface area contributed by atoms with E-state index in [-0.39, 0.29) is 0 Å². The van der Waals surface area contributed by atoms with Crippen LogP contribution in [0.1, 0.15) is 18.5 Å². The molecular weight excluding hydrogens is 229 g/mol. The fourth-order valence-corrected chi connectivity index (χ4v) is 1.70. The molecule has 0 saturated heterocycles. The van der Waals surface area contributed by atoms with E-state index in [1.165, 1.54) is 18.0 Å². The van der Waals surface area contributed by atoms with Gasteiger partial charge in [0.1, 0.15) is 0 Å². The van der Waals surface area contributed by atoms with Crippen LogP contribution in [0, 0.1) is 5.82 Å². The summed E-state index contributed by atoms with van der Waals surface area (Å²) in [5.41, 5.74) is 2.09. The summed E-state index contributed by atoms with van der Waals surface area (Å²) < 4.78 is 12.8. The molecule has 0 aliphatic heterocycles. The van der Waals surface area contributed by atoms with E-state index in [2.05, 4.69) is 27.9 Å². The van der Waals surface area contributed by atoms with E-state index in [0.29, 0.717) is 11.9 Å². The lowest BCUT2D eigenvalue weighted by Gasteiger charge is -2.20. The van der Waals surface area contributed by atoms with E-state index in [0.717, 1.165) is 5.56 Å². The molecule has 0 aliphatic rings. The Hall–Kier alpha value is -1.81. The van der Waals surface area contributed by atoms with E-state index >= 15 is 0 Å². The maximum atomic E-state index is 12.8. The highest BCUT2D eigenvalue weighted by Crippen LogP contribution is 2.22. The smallest absolute Gasteiger partial charge is 0.159 e. The van der Waals surface area contributed by atoms with Gasteiger partial charge in [0.15, 0.2) is 11.6 Å². The van der Waals surface area contributed by atoms with Crippen LogP contribution in [0.25, 0.3) is 11.4 Å². The Morgan fingerprint density at radius 3 is 2.44 bits per heavy atom. The van der Waals surface area contributed by atoms with Crippen LogP contribution < -0.4 is 0 Å². The van der Waals surface area contributed by atoms with Crippen molar-refractivity contribution in [3.63, 3.8) is 0 Å². The number of hydrogen-bond acceptors (Lipinski definition) is 3. The lowest BCUT2D eigenvalue weighted by molar-refractivity contribution is 0.321. The fraction of sp³-hybridized carbons (Fsp3) is 0.286. The van der Waals surface area contributed by atoms with Crippen molar-refractivity contribution in [1.82, 2.24) is 14.9 Å². The van der Waals surface area contributed by atoms with Gasteiger partial charge in [-0.25, -0.2) is 14.4 Å². The summed E-state index contributed by atoms with van der Waals surface area (Å²) in [5.74, 6) is 0.126. The summed E-state index contributed by atoms with van der Waals surface area (Å²) >= 11 is 0. The molecule has 0 fully saturated rings. The minimum Gasteiger partial charge on any atom is -0.303 e. The molecule has 0 radical (unpaired) electrons. The molecule has 3 nitrogen and oxygen atoms in total. The number of hydrogen-bond donors (Lipinski definition) is 0. The van der Waals surface area contributed by atoms with Gasteiger partial charge in [-0.05, 0) is 32.6 Å². The molecule has 18 heavy (non-hydrogen) atoms. The van der Waals surface area contributed by atoms with Crippen molar-refractivity contribution >= 4 is 0 Å². The molecule has 0 N–H and O–H groups in total. The minimum atomic E-state index is -0.420. The highest BCUT2D eigenvalue weighted by molar-refractivity contribution is 5.55. The quantitative estimate of drug-likeness (QED) is 0.832. The molecule has 0 saturated carbocycles. The summed E-state index contributed by atoms with van der Waals surface area (Å²) in [6.07, 6.45) is 2.37. The maximum absolute atomic E-state index is 12.8. The van der Waals surface area contributed by atoms with Crippen LogP contribution in [0.3, 0.4) is 0 Å². The number of aromatic nitrogens is 2. The van der Waals surface area contributed by atoms with Gasteiger partial charge in [0.05, 0.1) is 12.4 Å². The Kier molecular flexibility index (Phi) is 3.67. The zero-order chi connectivity index (χ0) is 13.1. The molecule has 1 heterocycles. The number of benzene rings is 1. The first-order chi connectivity index (χ1) is 8.58. The van der Waals surface area contributed by atoms with Gasteiger partial charge in [-0.1, -0.05) is 18.2 Å². The molecule has 1 aromatic heterocycles. The van der Waals surface area contributed by atoms with Crippen LogP contribution in [0.2, 0.25) is 0 Å². The third-order valence-electron chi connectivity index (χ3n) is 3.02. The van der Waals surface area contributed by atoms with Gasteiger partial charge < -0.3 is 4.90 Å². The largest absolute Gasteiger partial charge is 0.303 e. The highest BCUT2D eigenvalue weighted by Gasteiger charge is 2.09. The predicted molar refractivity (Wildman–Crippen MR) is 69.5 cm³/mol. The first-order valence-electron chi connectivity index (χ1n) is 5.82. The molecular formula is C14H16FN3. The van der Waals surface area contributed by atoms with Crippen molar-refractivity contribution in [2.24, 2.45) is 0 Å². The number of nitrogens with zero attached hydrogens (tertiary/aromatic N) is 3. The monoisotopic (exact) mass is 245 g/mol. The van der Waals surface area contributed by atoms with Gasteiger partial charge in [0.25, 0.3) is 0 Å². The van der Waals surface area contributed by atoms with Crippen molar-refractivity contribution in [3.05, 3.63) is 48.0 Å². The number of rotatable bonds is 3. The summed E-state index contributed by atoms with van der Waals surface area (Å²) in [5, 5.41) is 0. The van der Waals surface area contributed by atoms with Crippen molar-refractivity contribution in [2.75, 3.05) is 14.1 Å². The summed E-state index contributed by atoms with van der Waals surface area (Å²) in [7, 11) is 4.07. The molecule has 0 bridgehead atoms. The van der Waals surface area contributed by atoms with Crippen molar-refractivity contribution in [2.45, 2.75) is 13.0 Å². The Balaban J connectivity index is 2.35. The highest BCUT2D eigenvalue weighted by atomic mass is 19.1. The second-order valence-electron chi connectivity index (χ2n) is 4.49. The zero-order valence-electron chi connectivity index (χ0n) is 10.8. The molecule has 2 aromatic rings. The first kappa shape index (κ1) is 12.6. The predicted octanol–water partition coefficient (Wildman–Crippen LogP) is 2.91. The summed E-state index contributed by atoms with van der Waals surface area (Å²) in [6, 6.07) is 8.32. The molecule has 0 amide bonds. The van der Waals surface area contributed by atoms with Gasteiger partial charge in [-0.2, -0.15) is 0 Å². The second kappa shape index (κ2) is 5.23. The maximum Gasteiger partial charge on any atom is 0.159 e. The second-order valence-corrected chi connectivity index (χ2v) is 4.49. The zero-order valence-corrected chi connectivity index (χ0v) is 10.8. The van der Waals surface area contributed by atoms with Gasteiger partial charge in [0, 0.05) is 11.6 Å². The van der Waals surface area contributed by atoms with E-state index < -0.39 is 5.82 Å². The van der Waals surface area contributed by atoms with Crippen molar-refractivity contribution in [3.8, 4) is 11.4 Å². The van der Waals surface area contributed by atoms with E-state index in [1.807, 2.05) is 32.3 Å².